The predicted octanol–water partition coefficient (Wildman–Crippen LogP) is 12.5. The Morgan fingerprint density at radius 2 is 1.11 bits per heavy atom. The summed E-state index contributed by atoms with van der Waals surface area (Å²) in [5.41, 5.74) is 19.1. The van der Waals surface area contributed by atoms with Gasteiger partial charge in [0.2, 0.25) is 0 Å². The molecule has 0 saturated heterocycles. The molecule has 8 aromatic carbocycles. The van der Waals surface area contributed by atoms with Crippen molar-refractivity contribution in [2.45, 2.75) is 6.61 Å². The van der Waals surface area contributed by atoms with Gasteiger partial charge in [0.05, 0.1) is 44.5 Å². The van der Waals surface area contributed by atoms with Crippen molar-refractivity contribution in [1.29, 1.82) is 5.41 Å². The summed E-state index contributed by atoms with van der Waals surface area (Å²) in [6, 6.07) is 66.9. The number of hydrogen-bond donors (Lipinski definition) is 2. The first kappa shape index (κ1) is 33.9. The number of nitrogens with zero attached hydrogens (tertiary/aromatic N) is 2. The molecule has 0 spiro atoms. The highest BCUT2D eigenvalue weighted by Crippen LogP contribution is 2.45. The molecule has 0 radical (unpaired) electrons. The van der Waals surface area contributed by atoms with Crippen LogP contribution in [-0.2, 0) is 6.61 Å². The van der Waals surface area contributed by atoms with E-state index < -0.39 is 0 Å². The lowest BCUT2D eigenvalue weighted by atomic mass is 9.94. The van der Waals surface area contributed by atoms with Gasteiger partial charge in [-0.1, -0.05) is 152 Å². The van der Waals surface area contributed by atoms with Gasteiger partial charge in [-0.2, -0.15) is 0 Å². The molecule has 2 heterocycles. The van der Waals surface area contributed by atoms with Crippen LogP contribution in [0.5, 0.6) is 5.75 Å². The van der Waals surface area contributed by atoms with Crippen LogP contribution in [0.3, 0.4) is 0 Å². The summed E-state index contributed by atoms with van der Waals surface area (Å²) in [7, 11) is 0. The summed E-state index contributed by atoms with van der Waals surface area (Å²) in [5, 5.41) is 13.5. The van der Waals surface area contributed by atoms with E-state index in [1.54, 1.807) is 0 Å². The molecule has 0 amide bonds. The molecular formula is C52H38N4O. The number of nitrogens with one attached hydrogen (secondary N) is 1. The van der Waals surface area contributed by atoms with Crippen LogP contribution < -0.4 is 10.5 Å². The molecule has 0 atom stereocenters. The van der Waals surface area contributed by atoms with Crippen LogP contribution in [0.2, 0.25) is 0 Å². The molecule has 3 N–H and O–H groups in total. The largest absolute Gasteiger partial charge is 0.486 e. The van der Waals surface area contributed by atoms with Gasteiger partial charge in [0, 0.05) is 21.8 Å². The van der Waals surface area contributed by atoms with Crippen molar-refractivity contribution in [2.24, 2.45) is 0 Å². The van der Waals surface area contributed by atoms with Crippen LogP contribution in [0, 0.1) is 5.41 Å². The van der Waals surface area contributed by atoms with E-state index in [1.165, 1.54) is 10.8 Å². The SMILES string of the molecule is N=C(/C=C(/c1ccccc1)c1cccc(-n2c3ccc(N)c(OCc4ccccc4)c3c3cccc(-n4c5ccccc5c5ccccc54)c32)c1)c1ccccc1. The second-order valence-electron chi connectivity index (χ2n) is 14.3. The molecule has 0 unspecified atom stereocenters. The predicted molar refractivity (Wildman–Crippen MR) is 237 cm³/mol. The standard InChI is InChI=1S/C52H38N4O/c53-44-30-31-48-50(52(44)57-34-35-16-4-1-5-17-35)42-26-15-29-49(56-46-27-12-10-24-40(46)41-25-11-13-28-47(41)56)51(42)55(48)39-23-14-22-38(32-39)43(36-18-6-2-7-19-36)33-45(54)37-20-8-3-9-21-37/h1-33,54H,34,53H2/b43-33-,54-45?. The quantitative estimate of drug-likeness (QED) is 0.114. The van der Waals surface area contributed by atoms with Crippen LogP contribution in [0.1, 0.15) is 22.3 Å². The van der Waals surface area contributed by atoms with Crippen molar-refractivity contribution in [3.63, 3.8) is 0 Å². The highest BCUT2D eigenvalue weighted by molar-refractivity contribution is 6.18. The molecule has 0 aliphatic rings. The number of ether oxygens (including phenoxy) is 1. The number of fused-ring (bicyclic) bond motifs is 6. The Kier molecular flexibility index (Phi) is 8.46. The lowest BCUT2D eigenvalue weighted by Gasteiger charge is -2.16. The first-order valence-corrected chi connectivity index (χ1v) is 19.2. The van der Waals surface area contributed by atoms with Crippen LogP contribution in [-0.4, -0.2) is 14.8 Å². The molecular weight excluding hydrogens is 697 g/mol. The number of hydrogen-bond acceptors (Lipinski definition) is 3. The van der Waals surface area contributed by atoms with Crippen LogP contribution >= 0.6 is 0 Å². The van der Waals surface area contributed by atoms with Crippen molar-refractivity contribution >= 4 is 60.6 Å². The fourth-order valence-electron chi connectivity index (χ4n) is 8.25. The Morgan fingerprint density at radius 3 is 1.81 bits per heavy atom. The molecule has 10 rings (SSSR count). The third-order valence-corrected chi connectivity index (χ3v) is 10.8. The van der Waals surface area contributed by atoms with Crippen molar-refractivity contribution in [1.82, 2.24) is 9.13 Å². The molecule has 0 fully saturated rings. The van der Waals surface area contributed by atoms with Gasteiger partial charge in [-0.25, -0.2) is 0 Å². The van der Waals surface area contributed by atoms with E-state index in [2.05, 4.69) is 130 Å². The fraction of sp³-hybridized carbons (Fsp3) is 0.0192. The number of rotatable bonds is 9. The maximum absolute atomic E-state index is 9.14. The molecule has 0 bridgehead atoms. The lowest BCUT2D eigenvalue weighted by molar-refractivity contribution is 0.312. The van der Waals surface area contributed by atoms with Crippen LogP contribution in [0.15, 0.2) is 200 Å². The molecule has 2 aromatic heterocycles. The first-order valence-electron chi connectivity index (χ1n) is 19.2. The Bertz CT molecular complexity index is 3090. The average Bonchev–Trinajstić information content (AvgIpc) is 3.79. The molecule has 57 heavy (non-hydrogen) atoms. The molecule has 5 heteroatoms. The van der Waals surface area contributed by atoms with Crippen molar-refractivity contribution < 1.29 is 4.74 Å². The normalized spacial score (nSPS) is 11.8. The van der Waals surface area contributed by atoms with Gasteiger partial charge in [-0.15, -0.1) is 0 Å². The topological polar surface area (TPSA) is 69.0 Å². The van der Waals surface area contributed by atoms with E-state index >= 15 is 0 Å². The molecule has 0 saturated carbocycles. The van der Waals surface area contributed by atoms with Crippen molar-refractivity contribution in [2.75, 3.05) is 5.73 Å². The monoisotopic (exact) mass is 734 g/mol. The van der Waals surface area contributed by atoms with Crippen LogP contribution in [0.4, 0.5) is 5.69 Å². The second-order valence-corrected chi connectivity index (χ2v) is 14.3. The highest BCUT2D eigenvalue weighted by atomic mass is 16.5. The Labute approximate surface area is 330 Å². The summed E-state index contributed by atoms with van der Waals surface area (Å²) in [6.07, 6.45) is 1.98. The number of nitrogens with two attached hydrogens (primary N) is 1. The number of anilines is 1. The zero-order valence-corrected chi connectivity index (χ0v) is 31.1. The summed E-state index contributed by atoms with van der Waals surface area (Å²) in [6.45, 7) is 0.386. The van der Waals surface area contributed by atoms with E-state index in [0.717, 1.165) is 72.0 Å². The highest BCUT2D eigenvalue weighted by Gasteiger charge is 2.23. The first-order chi connectivity index (χ1) is 28.1. The van der Waals surface area contributed by atoms with Crippen LogP contribution in [0.25, 0.3) is 60.6 Å². The third-order valence-electron chi connectivity index (χ3n) is 10.8. The summed E-state index contributed by atoms with van der Waals surface area (Å²) >= 11 is 0. The summed E-state index contributed by atoms with van der Waals surface area (Å²) in [4.78, 5) is 0. The van der Waals surface area contributed by atoms with Gasteiger partial charge in [-0.3, -0.25) is 0 Å². The maximum Gasteiger partial charge on any atom is 0.152 e. The van der Waals surface area contributed by atoms with Gasteiger partial charge in [0.15, 0.2) is 5.75 Å². The van der Waals surface area contributed by atoms with E-state index in [-0.39, 0.29) is 0 Å². The number of nitrogen functional groups attached to an aromatic ring is 1. The van der Waals surface area contributed by atoms with Gasteiger partial charge in [0.1, 0.15) is 6.61 Å². The van der Waals surface area contributed by atoms with Gasteiger partial charge < -0.3 is 25.0 Å². The van der Waals surface area contributed by atoms with Crippen molar-refractivity contribution in [3.8, 4) is 17.1 Å². The summed E-state index contributed by atoms with van der Waals surface area (Å²) < 4.78 is 11.4. The number of benzene rings is 8. The number of aromatic nitrogens is 2. The van der Waals surface area contributed by atoms with E-state index in [4.69, 9.17) is 15.9 Å². The van der Waals surface area contributed by atoms with E-state index in [9.17, 15) is 0 Å². The third kappa shape index (κ3) is 5.94. The van der Waals surface area contributed by atoms with Crippen molar-refractivity contribution in [3.05, 3.63) is 222 Å². The molecule has 0 aliphatic carbocycles. The Balaban J connectivity index is 1.26. The minimum Gasteiger partial charge on any atom is -0.486 e. The molecule has 0 aliphatic heterocycles. The molecule has 5 nitrogen and oxygen atoms in total. The number of para-hydroxylation sites is 3. The minimum atomic E-state index is 0.386. The van der Waals surface area contributed by atoms with Gasteiger partial charge in [-0.05, 0) is 76.4 Å². The second kappa shape index (κ2) is 14.2. The molecule has 272 valence electrons. The lowest BCUT2D eigenvalue weighted by Crippen LogP contribution is -2.02. The smallest absolute Gasteiger partial charge is 0.152 e. The Morgan fingerprint density at radius 1 is 0.526 bits per heavy atom. The van der Waals surface area contributed by atoms with Gasteiger partial charge in [0.25, 0.3) is 0 Å². The van der Waals surface area contributed by atoms with E-state index in [0.29, 0.717) is 23.8 Å². The average molecular weight is 735 g/mol. The summed E-state index contributed by atoms with van der Waals surface area (Å²) in [5.74, 6) is 0.664. The molecule has 10 aromatic rings. The zero-order valence-electron chi connectivity index (χ0n) is 31.1. The van der Waals surface area contributed by atoms with E-state index in [1.807, 2.05) is 78.9 Å². The minimum absolute atomic E-state index is 0.386. The van der Waals surface area contributed by atoms with Gasteiger partial charge >= 0.3 is 0 Å². The maximum atomic E-state index is 9.14. The number of allylic oxidation sites excluding steroid dienone is 1. The Hall–Kier alpha value is -7.63. The zero-order chi connectivity index (χ0) is 38.3. The fourth-order valence-corrected chi connectivity index (χ4v) is 8.25.